The molecule has 0 unspecified atom stereocenters. The summed E-state index contributed by atoms with van der Waals surface area (Å²) < 4.78 is 1.91. The summed E-state index contributed by atoms with van der Waals surface area (Å²) >= 11 is 0. The van der Waals surface area contributed by atoms with Gasteiger partial charge in [0.15, 0.2) is 0 Å². The molecule has 0 bridgehead atoms. The van der Waals surface area contributed by atoms with Crippen molar-refractivity contribution in [2.24, 2.45) is 0 Å². The zero-order valence-corrected chi connectivity index (χ0v) is 18.0. The van der Waals surface area contributed by atoms with Gasteiger partial charge in [-0.25, -0.2) is 0 Å². The maximum atomic E-state index is 13.7. The first-order chi connectivity index (χ1) is 14.4. The number of rotatable bonds is 5. The summed E-state index contributed by atoms with van der Waals surface area (Å²) in [7, 11) is 0. The highest BCUT2D eigenvalue weighted by molar-refractivity contribution is 6.14. The predicted molar refractivity (Wildman–Crippen MR) is 116 cm³/mol. The molecule has 1 fully saturated rings. The Morgan fingerprint density at radius 3 is 2.57 bits per heavy atom. The Balaban J connectivity index is 1.83. The van der Waals surface area contributed by atoms with Crippen LogP contribution in [-0.2, 0) is 16.1 Å². The molecule has 160 valence electrons. The van der Waals surface area contributed by atoms with Gasteiger partial charge in [-0.05, 0) is 32.3 Å². The largest absolute Gasteiger partial charge is 0.351 e. The lowest BCUT2D eigenvalue weighted by molar-refractivity contribution is -0.133. The van der Waals surface area contributed by atoms with E-state index < -0.39 is 5.54 Å². The summed E-state index contributed by atoms with van der Waals surface area (Å²) in [5.74, 6) is -0.538. The molecule has 1 saturated carbocycles. The van der Waals surface area contributed by atoms with Crippen LogP contribution in [0.3, 0.4) is 0 Å². The number of nitrogens with one attached hydrogen (secondary N) is 2. The normalized spacial score (nSPS) is 21.7. The van der Waals surface area contributed by atoms with Gasteiger partial charge in [-0.3, -0.25) is 14.4 Å². The third-order valence-electron chi connectivity index (χ3n) is 6.41. The number of carbonyl (C=O) groups excluding carboxylic acids is 3. The van der Waals surface area contributed by atoms with Crippen LogP contribution >= 0.6 is 0 Å². The van der Waals surface area contributed by atoms with Gasteiger partial charge < -0.3 is 20.1 Å². The number of hydrogen-bond donors (Lipinski definition) is 2. The first kappa shape index (κ1) is 20.4. The van der Waals surface area contributed by atoms with Crippen LogP contribution in [0.25, 0.3) is 10.9 Å². The fourth-order valence-electron chi connectivity index (χ4n) is 4.92. The third kappa shape index (κ3) is 3.26. The number of aromatic nitrogens is 1. The Morgan fingerprint density at radius 2 is 1.90 bits per heavy atom. The molecule has 1 aromatic carbocycles. The van der Waals surface area contributed by atoms with Crippen LogP contribution in [0.5, 0.6) is 0 Å². The molecular weight excluding hydrogens is 380 g/mol. The Labute approximate surface area is 176 Å². The van der Waals surface area contributed by atoms with Gasteiger partial charge >= 0.3 is 0 Å². The minimum Gasteiger partial charge on any atom is -0.351 e. The molecule has 3 amide bonds. The average Bonchev–Trinajstić information content (AvgIpc) is 3.32. The van der Waals surface area contributed by atoms with E-state index in [4.69, 9.17) is 0 Å². The molecular formula is C23H30N4O3. The fraction of sp³-hybridized carbons (Fsp3) is 0.522. The lowest BCUT2D eigenvalue weighted by atomic mass is 9.93. The van der Waals surface area contributed by atoms with Crippen molar-refractivity contribution >= 4 is 34.3 Å². The number of nitrogens with zero attached hydrogens (tertiary/aromatic N) is 2. The van der Waals surface area contributed by atoms with Crippen molar-refractivity contribution in [2.45, 2.75) is 71.0 Å². The molecule has 7 heteroatoms. The summed E-state index contributed by atoms with van der Waals surface area (Å²) in [6, 6.07) is 7.82. The maximum Gasteiger partial charge on any atom is 0.273 e. The molecule has 2 heterocycles. The predicted octanol–water partition coefficient (Wildman–Crippen LogP) is 3.28. The van der Waals surface area contributed by atoms with Gasteiger partial charge in [-0.2, -0.15) is 0 Å². The van der Waals surface area contributed by atoms with Crippen LogP contribution in [-0.4, -0.2) is 45.3 Å². The molecule has 2 N–H and O–H groups in total. The Kier molecular flexibility index (Phi) is 5.30. The van der Waals surface area contributed by atoms with Gasteiger partial charge in [0.05, 0.1) is 17.7 Å². The van der Waals surface area contributed by atoms with E-state index in [0.29, 0.717) is 24.5 Å². The van der Waals surface area contributed by atoms with Crippen molar-refractivity contribution < 1.29 is 14.4 Å². The molecule has 0 radical (unpaired) electrons. The molecule has 4 rings (SSSR count). The van der Waals surface area contributed by atoms with Crippen molar-refractivity contribution in [3.63, 3.8) is 0 Å². The molecule has 0 saturated heterocycles. The Bertz CT molecular complexity index is 1010. The summed E-state index contributed by atoms with van der Waals surface area (Å²) in [5.41, 5.74) is 0.840. The SMILES string of the molecule is CCCN1C(=O)c2c(NC(C)=O)c3ccccc3n2C[C@]1(C)C(=O)NC1CCCC1. The van der Waals surface area contributed by atoms with Crippen LogP contribution in [0.2, 0.25) is 0 Å². The number of hydrogen-bond acceptors (Lipinski definition) is 3. The highest BCUT2D eigenvalue weighted by Crippen LogP contribution is 2.39. The molecule has 0 spiro atoms. The van der Waals surface area contributed by atoms with Crippen LogP contribution in [0, 0.1) is 0 Å². The van der Waals surface area contributed by atoms with Crippen molar-refractivity contribution in [1.82, 2.24) is 14.8 Å². The van der Waals surface area contributed by atoms with E-state index in [2.05, 4.69) is 10.6 Å². The molecule has 30 heavy (non-hydrogen) atoms. The van der Waals surface area contributed by atoms with E-state index in [-0.39, 0.29) is 23.8 Å². The van der Waals surface area contributed by atoms with Crippen LogP contribution < -0.4 is 10.6 Å². The van der Waals surface area contributed by atoms with Crippen molar-refractivity contribution in [3.05, 3.63) is 30.0 Å². The Hall–Kier alpha value is -2.83. The van der Waals surface area contributed by atoms with E-state index in [1.54, 1.807) is 4.90 Å². The Morgan fingerprint density at radius 1 is 1.20 bits per heavy atom. The standard InChI is InChI=1S/C23H30N4O3/c1-4-13-27-21(29)20-19(24-15(2)28)17-11-7-8-12-18(17)26(20)14-23(27,3)22(30)25-16-9-5-6-10-16/h7-8,11-12,16H,4-6,9-10,13-14H2,1-3H3,(H,24,28)(H,25,30)/t23-/m1/s1. The smallest absolute Gasteiger partial charge is 0.273 e. The molecule has 1 aliphatic heterocycles. The molecule has 2 aromatic rings. The van der Waals surface area contributed by atoms with E-state index in [1.807, 2.05) is 42.7 Å². The van der Waals surface area contributed by atoms with E-state index >= 15 is 0 Å². The maximum absolute atomic E-state index is 13.7. The third-order valence-corrected chi connectivity index (χ3v) is 6.41. The van der Waals surface area contributed by atoms with Gasteiger partial charge in [0.1, 0.15) is 11.2 Å². The van der Waals surface area contributed by atoms with Crippen LogP contribution in [0.4, 0.5) is 5.69 Å². The van der Waals surface area contributed by atoms with Crippen LogP contribution in [0.15, 0.2) is 24.3 Å². The van der Waals surface area contributed by atoms with Gasteiger partial charge in [0.25, 0.3) is 5.91 Å². The average molecular weight is 411 g/mol. The molecule has 1 atom stereocenters. The van der Waals surface area contributed by atoms with Crippen LogP contribution in [0.1, 0.15) is 63.4 Å². The second-order valence-corrected chi connectivity index (χ2v) is 8.69. The summed E-state index contributed by atoms with van der Waals surface area (Å²) in [4.78, 5) is 40.7. The van der Waals surface area contributed by atoms with Gasteiger partial charge in [0.2, 0.25) is 11.8 Å². The van der Waals surface area contributed by atoms with Gasteiger partial charge in [-0.1, -0.05) is 38.0 Å². The first-order valence-electron chi connectivity index (χ1n) is 10.9. The first-order valence-corrected chi connectivity index (χ1v) is 10.9. The quantitative estimate of drug-likeness (QED) is 0.793. The molecule has 1 aliphatic carbocycles. The van der Waals surface area contributed by atoms with E-state index in [9.17, 15) is 14.4 Å². The second kappa shape index (κ2) is 7.78. The second-order valence-electron chi connectivity index (χ2n) is 8.69. The zero-order valence-electron chi connectivity index (χ0n) is 18.0. The number of carbonyl (C=O) groups is 3. The monoisotopic (exact) mass is 410 g/mol. The van der Waals surface area contributed by atoms with Gasteiger partial charge in [0, 0.05) is 24.9 Å². The van der Waals surface area contributed by atoms with Crippen molar-refractivity contribution in [3.8, 4) is 0 Å². The number of amides is 3. The molecule has 2 aliphatic rings. The number of fused-ring (bicyclic) bond motifs is 3. The topological polar surface area (TPSA) is 83.4 Å². The number of benzene rings is 1. The summed E-state index contributed by atoms with van der Waals surface area (Å²) in [6.45, 7) is 6.14. The van der Waals surface area contributed by atoms with Crippen molar-refractivity contribution in [2.75, 3.05) is 11.9 Å². The van der Waals surface area contributed by atoms with E-state index in [1.165, 1.54) is 6.92 Å². The lowest BCUT2D eigenvalue weighted by Crippen LogP contribution is -2.64. The highest BCUT2D eigenvalue weighted by Gasteiger charge is 2.49. The minimum absolute atomic E-state index is 0.0966. The lowest BCUT2D eigenvalue weighted by Gasteiger charge is -2.44. The molecule has 1 aromatic heterocycles. The number of para-hydroxylation sites is 1. The fourth-order valence-corrected chi connectivity index (χ4v) is 4.92. The van der Waals surface area contributed by atoms with Crippen molar-refractivity contribution in [1.29, 1.82) is 0 Å². The van der Waals surface area contributed by atoms with Gasteiger partial charge in [-0.15, -0.1) is 0 Å². The summed E-state index contributed by atoms with van der Waals surface area (Å²) in [6.07, 6.45) is 4.99. The summed E-state index contributed by atoms with van der Waals surface area (Å²) in [5, 5.41) is 6.87. The molecule has 7 nitrogen and oxygen atoms in total. The zero-order chi connectivity index (χ0) is 21.5. The highest BCUT2D eigenvalue weighted by atomic mass is 16.2. The number of anilines is 1. The van der Waals surface area contributed by atoms with E-state index in [0.717, 1.165) is 43.0 Å². The minimum atomic E-state index is -0.988.